The standard InChI is InChI=1S/C28H28N2O5/c1-34-27(32)24(16-20-10-4-2-5-11-20)29-26(31)25-17-22-14-8-9-15-23(22)18-30(25)28(33)35-19-21-12-6-3-7-13-21/h2-15,24-25H,16-19H2,1H3,(H,29,31)/t24-,25+/m1/s1. The number of fused-ring (bicyclic) bond motifs is 1. The van der Waals surface area contributed by atoms with Crippen molar-refractivity contribution in [2.75, 3.05) is 7.11 Å². The lowest BCUT2D eigenvalue weighted by Crippen LogP contribution is -2.56. The van der Waals surface area contributed by atoms with Gasteiger partial charge in [-0.05, 0) is 22.3 Å². The second kappa shape index (κ2) is 11.3. The smallest absolute Gasteiger partial charge is 0.411 e. The van der Waals surface area contributed by atoms with Crippen LogP contribution in [0.15, 0.2) is 84.9 Å². The average molecular weight is 473 g/mol. The van der Waals surface area contributed by atoms with Crippen molar-refractivity contribution in [3.63, 3.8) is 0 Å². The molecule has 4 rings (SSSR count). The highest BCUT2D eigenvalue weighted by Gasteiger charge is 2.37. The minimum atomic E-state index is -0.880. The van der Waals surface area contributed by atoms with Gasteiger partial charge in [0.2, 0.25) is 5.91 Å². The van der Waals surface area contributed by atoms with Crippen LogP contribution >= 0.6 is 0 Å². The van der Waals surface area contributed by atoms with Crippen molar-refractivity contribution in [3.05, 3.63) is 107 Å². The van der Waals surface area contributed by atoms with Crippen LogP contribution in [0.2, 0.25) is 0 Å². The summed E-state index contributed by atoms with van der Waals surface area (Å²) < 4.78 is 10.5. The van der Waals surface area contributed by atoms with Crippen molar-refractivity contribution in [2.24, 2.45) is 0 Å². The fourth-order valence-corrected chi connectivity index (χ4v) is 4.20. The molecule has 0 saturated heterocycles. The SMILES string of the molecule is COC(=O)[C@@H](Cc1ccccc1)NC(=O)[C@@H]1Cc2ccccc2CN1C(=O)OCc1ccccc1. The van der Waals surface area contributed by atoms with E-state index in [1.807, 2.05) is 84.9 Å². The Morgan fingerprint density at radius 2 is 1.49 bits per heavy atom. The summed E-state index contributed by atoms with van der Waals surface area (Å²) in [6, 6.07) is 24.7. The van der Waals surface area contributed by atoms with E-state index in [0.717, 1.165) is 22.3 Å². The second-order valence-electron chi connectivity index (χ2n) is 8.43. The van der Waals surface area contributed by atoms with Crippen LogP contribution in [0.4, 0.5) is 4.79 Å². The fourth-order valence-electron chi connectivity index (χ4n) is 4.20. The van der Waals surface area contributed by atoms with Gasteiger partial charge < -0.3 is 14.8 Å². The third kappa shape index (κ3) is 6.06. The molecule has 2 atom stereocenters. The first-order valence-corrected chi connectivity index (χ1v) is 11.5. The Bertz CT molecular complexity index is 1170. The van der Waals surface area contributed by atoms with E-state index in [9.17, 15) is 14.4 Å². The molecule has 1 aliphatic rings. The number of hydrogen-bond acceptors (Lipinski definition) is 5. The first kappa shape index (κ1) is 24.0. The molecule has 3 aromatic carbocycles. The molecule has 1 N–H and O–H groups in total. The van der Waals surface area contributed by atoms with Crippen LogP contribution in [0.25, 0.3) is 0 Å². The number of rotatable bonds is 7. The molecule has 0 radical (unpaired) electrons. The van der Waals surface area contributed by atoms with E-state index in [1.165, 1.54) is 12.0 Å². The van der Waals surface area contributed by atoms with E-state index in [1.54, 1.807) is 0 Å². The molecule has 2 amide bonds. The maximum Gasteiger partial charge on any atom is 0.411 e. The van der Waals surface area contributed by atoms with Gasteiger partial charge in [0, 0.05) is 12.8 Å². The van der Waals surface area contributed by atoms with Gasteiger partial charge in [0.1, 0.15) is 18.7 Å². The van der Waals surface area contributed by atoms with Gasteiger partial charge in [-0.1, -0.05) is 84.9 Å². The van der Waals surface area contributed by atoms with Crippen molar-refractivity contribution in [1.29, 1.82) is 0 Å². The lowest BCUT2D eigenvalue weighted by Gasteiger charge is -2.35. The third-order valence-corrected chi connectivity index (χ3v) is 6.08. The summed E-state index contributed by atoms with van der Waals surface area (Å²) in [6.45, 7) is 0.342. The Labute approximate surface area is 204 Å². The molecule has 0 fully saturated rings. The van der Waals surface area contributed by atoms with Gasteiger partial charge in [0.25, 0.3) is 0 Å². The van der Waals surface area contributed by atoms with Crippen LogP contribution < -0.4 is 5.32 Å². The van der Waals surface area contributed by atoms with Gasteiger partial charge in [-0.25, -0.2) is 9.59 Å². The average Bonchev–Trinajstić information content (AvgIpc) is 2.91. The monoisotopic (exact) mass is 472 g/mol. The van der Waals surface area contributed by atoms with Gasteiger partial charge >= 0.3 is 12.1 Å². The maximum atomic E-state index is 13.4. The van der Waals surface area contributed by atoms with E-state index in [2.05, 4.69) is 5.32 Å². The van der Waals surface area contributed by atoms with Crippen molar-refractivity contribution in [2.45, 2.75) is 38.1 Å². The van der Waals surface area contributed by atoms with Crippen molar-refractivity contribution in [3.8, 4) is 0 Å². The molecule has 3 aromatic rings. The number of nitrogens with one attached hydrogen (secondary N) is 1. The predicted molar refractivity (Wildman–Crippen MR) is 130 cm³/mol. The predicted octanol–water partition coefficient (Wildman–Crippen LogP) is 3.65. The maximum absolute atomic E-state index is 13.4. The zero-order chi connectivity index (χ0) is 24.6. The Morgan fingerprint density at radius 3 is 2.14 bits per heavy atom. The molecule has 0 saturated carbocycles. The van der Waals surface area contributed by atoms with Crippen LogP contribution in [0.3, 0.4) is 0 Å². The summed E-state index contributed by atoms with van der Waals surface area (Å²) in [5.41, 5.74) is 3.68. The number of benzene rings is 3. The minimum absolute atomic E-state index is 0.102. The number of methoxy groups -OCH3 is 1. The summed E-state index contributed by atoms with van der Waals surface area (Å²) in [6.07, 6.45) is 0.0177. The molecule has 7 heteroatoms. The zero-order valence-electron chi connectivity index (χ0n) is 19.6. The molecule has 1 aliphatic heterocycles. The molecule has 0 aromatic heterocycles. The topological polar surface area (TPSA) is 84.9 Å². The first-order chi connectivity index (χ1) is 17.0. The van der Waals surface area contributed by atoms with Crippen LogP contribution in [0, 0.1) is 0 Å². The largest absolute Gasteiger partial charge is 0.467 e. The number of amides is 2. The number of nitrogens with zero attached hydrogens (tertiary/aromatic N) is 1. The van der Waals surface area contributed by atoms with Gasteiger partial charge in [-0.2, -0.15) is 0 Å². The highest BCUT2D eigenvalue weighted by molar-refractivity contribution is 5.90. The molecular weight excluding hydrogens is 444 g/mol. The number of carbonyl (C=O) groups excluding carboxylic acids is 3. The molecular formula is C28H28N2O5. The molecule has 180 valence electrons. The Morgan fingerprint density at radius 1 is 0.886 bits per heavy atom. The Hall–Kier alpha value is -4.13. The molecule has 0 unspecified atom stereocenters. The van der Waals surface area contributed by atoms with Crippen LogP contribution in [-0.2, 0) is 45.1 Å². The summed E-state index contributed by atoms with van der Waals surface area (Å²) in [7, 11) is 1.29. The summed E-state index contributed by atoms with van der Waals surface area (Å²) in [4.78, 5) is 40.4. The number of ether oxygens (including phenoxy) is 2. The van der Waals surface area contributed by atoms with E-state index >= 15 is 0 Å². The van der Waals surface area contributed by atoms with Crippen LogP contribution in [0.5, 0.6) is 0 Å². The zero-order valence-corrected chi connectivity index (χ0v) is 19.6. The Kier molecular flexibility index (Phi) is 7.77. The lowest BCUT2D eigenvalue weighted by molar-refractivity contribution is -0.145. The molecule has 7 nitrogen and oxygen atoms in total. The molecule has 0 bridgehead atoms. The summed E-state index contributed by atoms with van der Waals surface area (Å²) in [5, 5.41) is 2.81. The van der Waals surface area contributed by atoms with Crippen molar-refractivity contribution >= 4 is 18.0 Å². The number of carbonyl (C=O) groups is 3. The van der Waals surface area contributed by atoms with Crippen molar-refractivity contribution < 1.29 is 23.9 Å². The van der Waals surface area contributed by atoms with Crippen LogP contribution in [0.1, 0.15) is 22.3 Å². The fraction of sp³-hybridized carbons (Fsp3) is 0.250. The molecule has 1 heterocycles. The quantitative estimate of drug-likeness (QED) is 0.531. The summed E-state index contributed by atoms with van der Waals surface area (Å²) in [5.74, 6) is -0.973. The molecule has 0 spiro atoms. The van der Waals surface area contributed by atoms with E-state index in [4.69, 9.17) is 9.47 Å². The molecule has 0 aliphatic carbocycles. The van der Waals surface area contributed by atoms with E-state index < -0.39 is 30.1 Å². The normalized spacial score (nSPS) is 15.5. The first-order valence-electron chi connectivity index (χ1n) is 11.5. The van der Waals surface area contributed by atoms with E-state index in [-0.39, 0.29) is 19.6 Å². The van der Waals surface area contributed by atoms with Crippen molar-refractivity contribution in [1.82, 2.24) is 10.2 Å². The highest BCUT2D eigenvalue weighted by Crippen LogP contribution is 2.25. The number of esters is 1. The van der Waals surface area contributed by atoms with Crippen LogP contribution in [-0.4, -0.2) is 42.1 Å². The lowest BCUT2D eigenvalue weighted by atomic mass is 9.93. The van der Waals surface area contributed by atoms with Gasteiger partial charge in [0.15, 0.2) is 0 Å². The summed E-state index contributed by atoms with van der Waals surface area (Å²) >= 11 is 0. The number of hydrogen-bond donors (Lipinski definition) is 1. The van der Waals surface area contributed by atoms with Gasteiger partial charge in [0.05, 0.1) is 13.7 Å². The minimum Gasteiger partial charge on any atom is -0.467 e. The Balaban J connectivity index is 1.52. The molecule has 35 heavy (non-hydrogen) atoms. The van der Waals surface area contributed by atoms with E-state index in [0.29, 0.717) is 6.42 Å². The third-order valence-electron chi connectivity index (χ3n) is 6.08. The van der Waals surface area contributed by atoms with Gasteiger partial charge in [-0.15, -0.1) is 0 Å². The highest BCUT2D eigenvalue weighted by atomic mass is 16.6. The van der Waals surface area contributed by atoms with Gasteiger partial charge in [-0.3, -0.25) is 9.69 Å². The second-order valence-corrected chi connectivity index (χ2v) is 8.43.